The lowest BCUT2D eigenvalue weighted by Gasteiger charge is -2.16. The van der Waals surface area contributed by atoms with Crippen molar-refractivity contribution in [2.75, 3.05) is 13.2 Å². The molecule has 0 amide bonds. The minimum absolute atomic E-state index is 0.241. The van der Waals surface area contributed by atoms with Gasteiger partial charge in [0.15, 0.2) is 0 Å². The van der Waals surface area contributed by atoms with Crippen LogP contribution in [0.5, 0.6) is 5.75 Å². The summed E-state index contributed by atoms with van der Waals surface area (Å²) in [7, 11) is 0. The molecule has 0 aliphatic carbocycles. The predicted molar refractivity (Wildman–Crippen MR) is 74.8 cm³/mol. The third-order valence-electron chi connectivity index (χ3n) is 2.94. The number of aliphatic hydroxyl groups excluding tert-OH is 1. The molecule has 0 saturated heterocycles. The molecule has 0 bridgehead atoms. The van der Waals surface area contributed by atoms with E-state index in [1.54, 1.807) is 0 Å². The summed E-state index contributed by atoms with van der Waals surface area (Å²) in [4.78, 5) is 0. The number of hydrogen-bond acceptors (Lipinski definition) is 3. The van der Waals surface area contributed by atoms with Gasteiger partial charge in [0, 0.05) is 19.2 Å². The highest BCUT2D eigenvalue weighted by molar-refractivity contribution is 5.28. The molecule has 0 heterocycles. The first-order chi connectivity index (χ1) is 8.80. The van der Waals surface area contributed by atoms with Crippen LogP contribution >= 0.6 is 0 Å². The molecule has 3 heteroatoms. The van der Waals surface area contributed by atoms with Crippen molar-refractivity contribution in [3.8, 4) is 5.75 Å². The quantitative estimate of drug-likeness (QED) is 0.709. The van der Waals surface area contributed by atoms with E-state index < -0.39 is 0 Å². The zero-order chi connectivity index (χ0) is 13.2. The van der Waals surface area contributed by atoms with E-state index in [-0.39, 0.29) is 6.61 Å². The van der Waals surface area contributed by atoms with Crippen LogP contribution < -0.4 is 10.1 Å². The first-order valence-corrected chi connectivity index (χ1v) is 6.86. The van der Waals surface area contributed by atoms with Crippen molar-refractivity contribution in [1.82, 2.24) is 5.32 Å². The van der Waals surface area contributed by atoms with E-state index in [0.29, 0.717) is 6.04 Å². The van der Waals surface area contributed by atoms with Crippen molar-refractivity contribution >= 4 is 0 Å². The maximum absolute atomic E-state index is 8.95. The van der Waals surface area contributed by atoms with E-state index in [2.05, 4.69) is 31.3 Å². The third kappa shape index (κ3) is 5.52. The fraction of sp³-hybridized carbons (Fsp3) is 0.600. The molecule has 0 fully saturated rings. The van der Waals surface area contributed by atoms with Gasteiger partial charge in [-0.1, -0.05) is 26.0 Å². The lowest BCUT2D eigenvalue weighted by molar-refractivity contribution is 0.262. The van der Waals surface area contributed by atoms with Crippen molar-refractivity contribution in [1.29, 1.82) is 0 Å². The monoisotopic (exact) mass is 251 g/mol. The van der Waals surface area contributed by atoms with Gasteiger partial charge >= 0.3 is 0 Å². The highest BCUT2D eigenvalue weighted by Gasteiger charge is 2.04. The minimum Gasteiger partial charge on any atom is -0.494 e. The van der Waals surface area contributed by atoms with Gasteiger partial charge in [0.2, 0.25) is 0 Å². The number of ether oxygens (including phenoxy) is 1. The Kier molecular flexibility index (Phi) is 7.46. The van der Waals surface area contributed by atoms with Crippen LogP contribution in [0.15, 0.2) is 24.3 Å². The number of benzene rings is 1. The molecule has 1 rings (SSSR count). The molecule has 0 aliphatic heterocycles. The number of hydrogen-bond donors (Lipinski definition) is 2. The number of nitrogens with one attached hydrogen (secondary N) is 1. The lowest BCUT2D eigenvalue weighted by atomic mass is 10.1. The summed E-state index contributed by atoms with van der Waals surface area (Å²) in [6.07, 6.45) is 2.87. The van der Waals surface area contributed by atoms with Gasteiger partial charge in [0.05, 0.1) is 6.61 Å². The first-order valence-electron chi connectivity index (χ1n) is 6.86. The van der Waals surface area contributed by atoms with Crippen LogP contribution in [-0.4, -0.2) is 24.4 Å². The molecule has 1 aromatic rings. The Bertz CT molecular complexity index is 328. The summed E-state index contributed by atoms with van der Waals surface area (Å²) in [5.74, 6) is 0.936. The Morgan fingerprint density at radius 3 is 2.83 bits per heavy atom. The minimum atomic E-state index is 0.241. The largest absolute Gasteiger partial charge is 0.494 e. The van der Waals surface area contributed by atoms with Gasteiger partial charge in [-0.2, -0.15) is 0 Å². The molecular formula is C15H25NO2. The van der Waals surface area contributed by atoms with Gasteiger partial charge in [-0.3, -0.25) is 0 Å². The third-order valence-corrected chi connectivity index (χ3v) is 2.94. The zero-order valence-electron chi connectivity index (χ0n) is 11.5. The summed E-state index contributed by atoms with van der Waals surface area (Å²) >= 11 is 0. The summed E-state index contributed by atoms with van der Waals surface area (Å²) in [6.45, 7) is 6.06. The molecule has 1 atom stereocenters. The maximum atomic E-state index is 8.95. The van der Waals surface area contributed by atoms with E-state index in [1.165, 1.54) is 5.56 Å². The highest BCUT2D eigenvalue weighted by atomic mass is 16.5. The molecule has 0 saturated carbocycles. The second-order valence-electron chi connectivity index (χ2n) is 4.49. The summed E-state index contributed by atoms with van der Waals surface area (Å²) in [5, 5.41) is 12.4. The lowest BCUT2D eigenvalue weighted by Crippen LogP contribution is -2.28. The fourth-order valence-corrected chi connectivity index (χ4v) is 1.83. The van der Waals surface area contributed by atoms with Crippen molar-refractivity contribution in [2.24, 2.45) is 0 Å². The second kappa shape index (κ2) is 8.95. The molecule has 0 aliphatic rings. The summed E-state index contributed by atoms with van der Waals surface area (Å²) < 4.78 is 5.61. The topological polar surface area (TPSA) is 41.5 Å². The van der Waals surface area contributed by atoms with Crippen LogP contribution in [0.4, 0.5) is 0 Å². The fourth-order valence-electron chi connectivity index (χ4n) is 1.83. The Balaban J connectivity index is 2.45. The average molecular weight is 251 g/mol. The Labute approximate surface area is 110 Å². The van der Waals surface area contributed by atoms with Gasteiger partial charge in [0.1, 0.15) is 5.75 Å². The van der Waals surface area contributed by atoms with Gasteiger partial charge in [0.25, 0.3) is 0 Å². The number of aliphatic hydroxyl groups is 1. The molecule has 3 nitrogen and oxygen atoms in total. The van der Waals surface area contributed by atoms with Crippen LogP contribution in [0.25, 0.3) is 0 Å². The molecule has 0 aromatic heterocycles. The number of rotatable bonds is 9. The molecule has 18 heavy (non-hydrogen) atoms. The molecular weight excluding hydrogens is 226 g/mol. The Morgan fingerprint density at radius 1 is 1.33 bits per heavy atom. The predicted octanol–water partition coefficient (Wildman–Crippen LogP) is 2.73. The smallest absolute Gasteiger partial charge is 0.119 e. The summed E-state index contributed by atoms with van der Waals surface area (Å²) in [5.41, 5.74) is 1.22. The van der Waals surface area contributed by atoms with Crippen LogP contribution in [0.3, 0.4) is 0 Å². The second-order valence-corrected chi connectivity index (χ2v) is 4.49. The highest BCUT2D eigenvalue weighted by Crippen LogP contribution is 2.14. The van der Waals surface area contributed by atoms with E-state index in [4.69, 9.17) is 9.84 Å². The first kappa shape index (κ1) is 15.0. The van der Waals surface area contributed by atoms with E-state index in [1.807, 2.05) is 12.1 Å². The van der Waals surface area contributed by atoms with Crippen LogP contribution in [0, 0.1) is 0 Å². The molecule has 2 N–H and O–H groups in total. The van der Waals surface area contributed by atoms with E-state index >= 15 is 0 Å². The molecule has 1 aromatic carbocycles. The Morgan fingerprint density at radius 2 is 2.17 bits per heavy atom. The maximum Gasteiger partial charge on any atom is 0.119 e. The van der Waals surface area contributed by atoms with Gasteiger partial charge < -0.3 is 15.2 Å². The van der Waals surface area contributed by atoms with Crippen LogP contribution in [0.1, 0.15) is 38.7 Å². The van der Waals surface area contributed by atoms with Crippen molar-refractivity contribution in [3.63, 3.8) is 0 Å². The van der Waals surface area contributed by atoms with E-state index in [9.17, 15) is 0 Å². The summed E-state index contributed by atoms with van der Waals surface area (Å²) in [6, 6.07) is 8.57. The molecule has 0 radical (unpaired) electrons. The van der Waals surface area contributed by atoms with Crippen molar-refractivity contribution in [2.45, 2.75) is 45.7 Å². The van der Waals surface area contributed by atoms with Crippen LogP contribution in [-0.2, 0) is 6.54 Å². The van der Waals surface area contributed by atoms with Crippen LogP contribution in [0.2, 0.25) is 0 Å². The zero-order valence-corrected chi connectivity index (χ0v) is 11.5. The molecule has 102 valence electrons. The Hall–Kier alpha value is -1.06. The normalized spacial score (nSPS) is 12.4. The average Bonchev–Trinajstić information content (AvgIpc) is 2.41. The van der Waals surface area contributed by atoms with Crippen molar-refractivity contribution in [3.05, 3.63) is 29.8 Å². The van der Waals surface area contributed by atoms with Gasteiger partial charge in [-0.05, 0) is 37.0 Å². The molecule has 0 spiro atoms. The van der Waals surface area contributed by atoms with Gasteiger partial charge in [-0.25, -0.2) is 0 Å². The SMILES string of the molecule is CCCOc1cccc(CNC(CC)CCO)c1. The van der Waals surface area contributed by atoms with Crippen molar-refractivity contribution < 1.29 is 9.84 Å². The van der Waals surface area contributed by atoms with Gasteiger partial charge in [-0.15, -0.1) is 0 Å². The van der Waals surface area contributed by atoms with E-state index in [0.717, 1.165) is 38.2 Å². The standard InChI is InChI=1S/C15H25NO2/c1-3-10-18-15-7-5-6-13(11-15)12-16-14(4-2)8-9-17/h5-7,11,14,16-17H,3-4,8-10,12H2,1-2H3. The molecule has 1 unspecified atom stereocenters.